The molecule has 2 aliphatic rings. The number of benzene rings is 3. The first-order chi connectivity index (χ1) is 18.8. The van der Waals surface area contributed by atoms with Crippen molar-refractivity contribution in [3.63, 3.8) is 0 Å². The fourth-order valence-electron chi connectivity index (χ4n) is 6.52. The number of halogens is 1. The first-order valence-corrected chi connectivity index (χ1v) is 13.3. The van der Waals surface area contributed by atoms with Crippen molar-refractivity contribution in [1.29, 1.82) is 0 Å². The van der Waals surface area contributed by atoms with Crippen molar-refractivity contribution in [2.24, 2.45) is 11.3 Å². The molecular weight excluding hydrogens is 495 g/mol. The standard InChI is InChI=1S/C32H31FN2O4/c1-19(20-6-8-21(9-7-20)22-4-3-5-25(14-22)39-2)35-13-12-26-28(33)11-10-27(29(26)35)30(36)34-24-17-32(18-24)15-23(16-32)31(37)38/h3-14,19,23-24H,15-18H2,1-2H3,(H,34,36)(H,37,38)/t19-,23?,24?,32?/m1/s1. The number of aromatic nitrogens is 1. The predicted molar refractivity (Wildman–Crippen MR) is 147 cm³/mol. The Morgan fingerprint density at radius 1 is 1.03 bits per heavy atom. The molecule has 200 valence electrons. The van der Waals surface area contributed by atoms with Crippen molar-refractivity contribution in [3.8, 4) is 16.9 Å². The Hall–Kier alpha value is -4.13. The van der Waals surface area contributed by atoms with E-state index in [9.17, 15) is 19.1 Å². The van der Waals surface area contributed by atoms with Gasteiger partial charge in [-0.05, 0) is 85.0 Å². The zero-order valence-electron chi connectivity index (χ0n) is 22.0. The summed E-state index contributed by atoms with van der Waals surface area (Å²) in [5.41, 5.74) is 4.22. The Balaban J connectivity index is 1.22. The van der Waals surface area contributed by atoms with Crippen LogP contribution in [0.1, 0.15) is 54.6 Å². The highest BCUT2D eigenvalue weighted by Gasteiger charge is 2.55. The molecule has 1 aromatic heterocycles. The third-order valence-electron chi connectivity index (χ3n) is 8.68. The molecule has 4 aromatic rings. The number of ether oxygens (including phenoxy) is 1. The third-order valence-corrected chi connectivity index (χ3v) is 8.68. The van der Waals surface area contributed by atoms with Gasteiger partial charge >= 0.3 is 5.97 Å². The van der Waals surface area contributed by atoms with Crippen LogP contribution in [0.4, 0.5) is 4.39 Å². The van der Waals surface area contributed by atoms with Crippen LogP contribution < -0.4 is 10.1 Å². The van der Waals surface area contributed by atoms with Crippen LogP contribution in [0.5, 0.6) is 5.75 Å². The lowest BCUT2D eigenvalue weighted by Crippen LogP contribution is -2.57. The summed E-state index contributed by atoms with van der Waals surface area (Å²) in [6.45, 7) is 2.04. The Morgan fingerprint density at radius 3 is 2.46 bits per heavy atom. The molecule has 1 spiro atoms. The van der Waals surface area contributed by atoms with Crippen LogP contribution >= 0.6 is 0 Å². The number of rotatable bonds is 7. The van der Waals surface area contributed by atoms with E-state index in [1.165, 1.54) is 6.07 Å². The second kappa shape index (κ2) is 9.56. The van der Waals surface area contributed by atoms with Crippen LogP contribution in [0, 0.1) is 17.2 Å². The molecule has 39 heavy (non-hydrogen) atoms. The summed E-state index contributed by atoms with van der Waals surface area (Å²) in [5.74, 6) is -0.780. The minimum atomic E-state index is -0.730. The molecule has 1 heterocycles. The molecule has 1 atom stereocenters. The van der Waals surface area contributed by atoms with Gasteiger partial charge in [-0.25, -0.2) is 4.39 Å². The molecule has 0 saturated heterocycles. The molecular formula is C32H31FN2O4. The number of hydrogen-bond acceptors (Lipinski definition) is 3. The molecule has 2 N–H and O–H groups in total. The van der Waals surface area contributed by atoms with E-state index in [0.29, 0.717) is 29.3 Å². The highest BCUT2D eigenvalue weighted by atomic mass is 19.1. The van der Waals surface area contributed by atoms with Gasteiger partial charge in [-0.15, -0.1) is 0 Å². The van der Waals surface area contributed by atoms with Gasteiger partial charge in [0.25, 0.3) is 5.91 Å². The molecule has 0 unspecified atom stereocenters. The summed E-state index contributed by atoms with van der Waals surface area (Å²) in [6, 6.07) is 20.6. The van der Waals surface area contributed by atoms with E-state index in [4.69, 9.17) is 4.74 Å². The summed E-state index contributed by atoms with van der Waals surface area (Å²) in [6.07, 6.45) is 4.80. The number of fused-ring (bicyclic) bond motifs is 1. The molecule has 0 radical (unpaired) electrons. The normalized spacial score (nSPS) is 22.6. The van der Waals surface area contributed by atoms with Gasteiger partial charge in [0.1, 0.15) is 11.6 Å². The van der Waals surface area contributed by atoms with Crippen molar-refractivity contribution in [2.75, 3.05) is 7.11 Å². The van der Waals surface area contributed by atoms with Crippen LogP contribution in [-0.4, -0.2) is 34.7 Å². The lowest BCUT2D eigenvalue weighted by Gasteiger charge is -2.56. The summed E-state index contributed by atoms with van der Waals surface area (Å²) >= 11 is 0. The first kappa shape index (κ1) is 25.2. The van der Waals surface area contributed by atoms with Gasteiger partial charge in [0.05, 0.1) is 30.1 Å². The van der Waals surface area contributed by atoms with E-state index in [2.05, 4.69) is 29.6 Å². The predicted octanol–water partition coefficient (Wildman–Crippen LogP) is 6.44. The average molecular weight is 527 g/mol. The first-order valence-electron chi connectivity index (χ1n) is 13.3. The number of aliphatic carboxylic acids is 1. The molecule has 7 heteroatoms. The topological polar surface area (TPSA) is 80.6 Å². The number of methoxy groups -OCH3 is 1. The Labute approximate surface area is 226 Å². The molecule has 2 saturated carbocycles. The average Bonchev–Trinajstić information content (AvgIpc) is 3.35. The smallest absolute Gasteiger partial charge is 0.306 e. The number of hydrogen-bond donors (Lipinski definition) is 2. The van der Waals surface area contributed by atoms with Crippen molar-refractivity contribution < 1.29 is 23.8 Å². The van der Waals surface area contributed by atoms with E-state index in [1.54, 1.807) is 19.2 Å². The molecule has 6 rings (SSSR count). The van der Waals surface area contributed by atoms with Gasteiger partial charge in [0.15, 0.2) is 0 Å². The molecule has 0 aliphatic heterocycles. The van der Waals surface area contributed by atoms with E-state index < -0.39 is 5.97 Å². The molecule has 2 aliphatic carbocycles. The number of carboxylic acids is 1. The zero-order chi connectivity index (χ0) is 27.3. The summed E-state index contributed by atoms with van der Waals surface area (Å²) in [5, 5.41) is 12.7. The molecule has 1 amide bonds. The van der Waals surface area contributed by atoms with E-state index in [1.807, 2.05) is 42.0 Å². The highest BCUT2D eigenvalue weighted by molar-refractivity contribution is 6.06. The minimum absolute atomic E-state index is 0.0114. The quantitative estimate of drug-likeness (QED) is 0.291. The van der Waals surface area contributed by atoms with Gasteiger partial charge in [0.2, 0.25) is 0 Å². The van der Waals surface area contributed by atoms with Crippen molar-refractivity contribution in [1.82, 2.24) is 9.88 Å². The zero-order valence-corrected chi connectivity index (χ0v) is 22.0. The maximum Gasteiger partial charge on any atom is 0.306 e. The largest absolute Gasteiger partial charge is 0.497 e. The molecule has 2 fully saturated rings. The Morgan fingerprint density at radius 2 is 1.77 bits per heavy atom. The Kier molecular flexibility index (Phi) is 6.17. The lowest BCUT2D eigenvalue weighted by molar-refractivity contribution is -0.155. The van der Waals surface area contributed by atoms with Gasteiger partial charge in [0, 0.05) is 17.6 Å². The number of carboxylic acid groups (broad SMARTS) is 1. The van der Waals surface area contributed by atoms with Gasteiger partial charge < -0.3 is 19.7 Å². The highest BCUT2D eigenvalue weighted by Crippen LogP contribution is 2.58. The van der Waals surface area contributed by atoms with E-state index >= 15 is 0 Å². The molecule has 3 aromatic carbocycles. The summed E-state index contributed by atoms with van der Waals surface area (Å²) < 4.78 is 22.1. The summed E-state index contributed by atoms with van der Waals surface area (Å²) in [4.78, 5) is 24.5. The van der Waals surface area contributed by atoms with Crippen LogP contribution in [0.15, 0.2) is 72.9 Å². The number of carbonyl (C=O) groups is 2. The minimum Gasteiger partial charge on any atom is -0.497 e. The maximum atomic E-state index is 14.8. The van der Waals surface area contributed by atoms with Crippen LogP contribution in [0.2, 0.25) is 0 Å². The number of nitrogens with one attached hydrogen (secondary N) is 1. The monoisotopic (exact) mass is 526 g/mol. The summed E-state index contributed by atoms with van der Waals surface area (Å²) in [7, 11) is 1.65. The van der Waals surface area contributed by atoms with Gasteiger partial charge in [-0.1, -0.05) is 36.4 Å². The van der Waals surface area contributed by atoms with E-state index in [-0.39, 0.29) is 35.1 Å². The van der Waals surface area contributed by atoms with Crippen molar-refractivity contribution in [3.05, 3.63) is 89.9 Å². The molecule has 0 bridgehead atoms. The van der Waals surface area contributed by atoms with Crippen molar-refractivity contribution >= 4 is 22.8 Å². The van der Waals surface area contributed by atoms with Crippen LogP contribution in [0.25, 0.3) is 22.0 Å². The van der Waals surface area contributed by atoms with Gasteiger partial charge in [-0.2, -0.15) is 0 Å². The number of amides is 1. The Bertz CT molecular complexity index is 1560. The van der Waals surface area contributed by atoms with Gasteiger partial charge in [-0.3, -0.25) is 9.59 Å². The molecule has 6 nitrogen and oxygen atoms in total. The SMILES string of the molecule is COc1cccc(-c2ccc([C@@H](C)n3ccc4c(F)ccc(C(=O)NC5CC6(C5)CC(C(=O)O)C6)c43)cc2)c1. The van der Waals surface area contributed by atoms with Crippen LogP contribution in [-0.2, 0) is 4.79 Å². The second-order valence-corrected chi connectivity index (χ2v) is 11.1. The second-order valence-electron chi connectivity index (χ2n) is 11.1. The van der Waals surface area contributed by atoms with Crippen molar-refractivity contribution in [2.45, 2.75) is 44.7 Å². The third kappa shape index (κ3) is 4.46. The lowest BCUT2D eigenvalue weighted by atomic mass is 9.50. The fraction of sp³-hybridized carbons (Fsp3) is 0.312. The fourth-order valence-corrected chi connectivity index (χ4v) is 6.52. The van der Waals surface area contributed by atoms with E-state index in [0.717, 1.165) is 35.3 Å². The number of carbonyl (C=O) groups excluding carboxylic acids is 1. The van der Waals surface area contributed by atoms with Crippen LogP contribution in [0.3, 0.4) is 0 Å². The number of nitrogens with zero attached hydrogens (tertiary/aromatic N) is 1. The maximum absolute atomic E-state index is 14.8.